The number of likely N-dealkylation sites (N-methyl/N-ethyl adjacent to an activating group) is 1. The summed E-state index contributed by atoms with van der Waals surface area (Å²) < 4.78 is 0. The van der Waals surface area contributed by atoms with Crippen molar-refractivity contribution in [2.75, 3.05) is 38.1 Å². The molecule has 1 aromatic carbocycles. The van der Waals surface area contributed by atoms with Crippen molar-refractivity contribution >= 4 is 33.4 Å². The number of nitrogens with zero attached hydrogens (tertiary/aromatic N) is 4. The zero-order valence-corrected chi connectivity index (χ0v) is 16.9. The van der Waals surface area contributed by atoms with Crippen LogP contribution in [-0.2, 0) is 6.42 Å². The highest BCUT2D eigenvalue weighted by atomic mass is 16.1. The second kappa shape index (κ2) is 7.42. The normalized spacial score (nSPS) is 15.2. The van der Waals surface area contributed by atoms with Gasteiger partial charge in [-0.15, -0.1) is 0 Å². The Morgan fingerprint density at radius 3 is 2.60 bits per heavy atom. The van der Waals surface area contributed by atoms with Crippen LogP contribution in [0, 0.1) is 0 Å². The van der Waals surface area contributed by atoms with Gasteiger partial charge >= 0.3 is 0 Å². The number of piperazine rings is 1. The van der Waals surface area contributed by atoms with E-state index in [4.69, 9.17) is 5.73 Å². The van der Waals surface area contributed by atoms with Crippen molar-refractivity contribution < 1.29 is 4.79 Å². The molecule has 7 nitrogen and oxygen atoms in total. The number of hydrogen-bond donors (Lipinski definition) is 2. The Morgan fingerprint density at radius 1 is 1.07 bits per heavy atom. The van der Waals surface area contributed by atoms with Crippen molar-refractivity contribution in [3.8, 4) is 0 Å². The first-order chi connectivity index (χ1) is 14.6. The molecule has 5 rings (SSSR count). The zero-order valence-electron chi connectivity index (χ0n) is 16.9. The Kier molecular flexibility index (Phi) is 4.59. The number of carbonyl (C=O) groups is 1. The standard InChI is InChI=1S/C23H24N6O/c1-28-8-10-29(11-9-28)17-7-6-15(25-14-17)12-16-13-19-18-4-2-3-5-20(18)27-21(19)22(26-16)23(24)30/h2-7,13-14,27H,8-12H2,1H3,(H2,24,30). The molecule has 0 spiro atoms. The molecule has 0 radical (unpaired) electrons. The average molecular weight is 400 g/mol. The molecule has 0 aliphatic carbocycles. The molecule has 4 heterocycles. The molecule has 3 N–H and O–H groups in total. The van der Waals surface area contributed by atoms with E-state index in [9.17, 15) is 4.79 Å². The van der Waals surface area contributed by atoms with Crippen LogP contribution in [0.3, 0.4) is 0 Å². The van der Waals surface area contributed by atoms with Crippen LogP contribution in [0.15, 0.2) is 48.7 Å². The summed E-state index contributed by atoms with van der Waals surface area (Å²) in [6.45, 7) is 4.15. The molecule has 0 bridgehead atoms. The maximum atomic E-state index is 12.1. The zero-order chi connectivity index (χ0) is 20.7. The Balaban J connectivity index is 1.46. The predicted molar refractivity (Wildman–Crippen MR) is 119 cm³/mol. The fourth-order valence-electron chi connectivity index (χ4n) is 4.13. The number of carbonyl (C=O) groups excluding carboxylic acids is 1. The number of anilines is 1. The summed E-state index contributed by atoms with van der Waals surface area (Å²) in [5.41, 5.74) is 10.4. The van der Waals surface area contributed by atoms with E-state index < -0.39 is 5.91 Å². The van der Waals surface area contributed by atoms with Crippen molar-refractivity contribution in [2.24, 2.45) is 5.73 Å². The lowest BCUT2D eigenvalue weighted by molar-refractivity contribution is 0.0997. The number of para-hydroxylation sites is 1. The van der Waals surface area contributed by atoms with Crippen LogP contribution in [0.2, 0.25) is 0 Å². The minimum atomic E-state index is -0.535. The molecule has 1 saturated heterocycles. The van der Waals surface area contributed by atoms with Crippen LogP contribution in [0.25, 0.3) is 21.8 Å². The van der Waals surface area contributed by atoms with Crippen LogP contribution in [0.5, 0.6) is 0 Å². The fraction of sp³-hybridized carbons (Fsp3) is 0.261. The third-order valence-electron chi connectivity index (χ3n) is 5.82. The summed E-state index contributed by atoms with van der Waals surface area (Å²) in [6, 6.07) is 14.1. The molecule has 3 aromatic heterocycles. The largest absolute Gasteiger partial charge is 0.368 e. The van der Waals surface area contributed by atoms with Gasteiger partial charge in [0.15, 0.2) is 5.69 Å². The number of fused-ring (bicyclic) bond motifs is 3. The van der Waals surface area contributed by atoms with Crippen molar-refractivity contribution in [3.05, 3.63) is 65.7 Å². The van der Waals surface area contributed by atoms with Crippen LogP contribution in [0.1, 0.15) is 21.9 Å². The van der Waals surface area contributed by atoms with Crippen molar-refractivity contribution in [1.82, 2.24) is 19.9 Å². The highest BCUT2D eigenvalue weighted by Gasteiger charge is 2.17. The average Bonchev–Trinajstić information content (AvgIpc) is 3.13. The van der Waals surface area contributed by atoms with Crippen molar-refractivity contribution in [2.45, 2.75) is 6.42 Å². The number of hydrogen-bond acceptors (Lipinski definition) is 5. The lowest BCUT2D eigenvalue weighted by Crippen LogP contribution is -2.44. The van der Waals surface area contributed by atoms with Crippen LogP contribution in [0.4, 0.5) is 5.69 Å². The molecule has 7 heteroatoms. The molecule has 1 amide bonds. The van der Waals surface area contributed by atoms with Gasteiger partial charge in [0.25, 0.3) is 5.91 Å². The van der Waals surface area contributed by atoms with Gasteiger partial charge in [-0.05, 0) is 31.3 Å². The Bertz CT molecular complexity index is 1220. The Labute approximate surface area is 174 Å². The molecular formula is C23H24N6O. The molecule has 152 valence electrons. The van der Waals surface area contributed by atoms with Gasteiger partial charge in [0.2, 0.25) is 0 Å². The lowest BCUT2D eigenvalue weighted by atomic mass is 10.1. The molecule has 30 heavy (non-hydrogen) atoms. The van der Waals surface area contributed by atoms with Gasteiger partial charge in [-0.25, -0.2) is 4.98 Å². The minimum Gasteiger partial charge on any atom is -0.368 e. The number of aromatic nitrogens is 3. The molecule has 0 atom stereocenters. The van der Waals surface area contributed by atoms with E-state index in [0.717, 1.165) is 59.5 Å². The predicted octanol–water partition coefficient (Wildman–Crippen LogP) is 2.55. The quantitative estimate of drug-likeness (QED) is 0.549. The fourth-order valence-corrected chi connectivity index (χ4v) is 4.13. The number of benzene rings is 1. The first-order valence-corrected chi connectivity index (χ1v) is 10.2. The lowest BCUT2D eigenvalue weighted by Gasteiger charge is -2.33. The van der Waals surface area contributed by atoms with Crippen molar-refractivity contribution in [1.29, 1.82) is 0 Å². The summed E-state index contributed by atoms with van der Waals surface area (Å²) in [7, 11) is 2.15. The summed E-state index contributed by atoms with van der Waals surface area (Å²) in [6.07, 6.45) is 2.47. The van der Waals surface area contributed by atoms with Gasteiger partial charge in [0.05, 0.1) is 17.4 Å². The molecular weight excluding hydrogens is 376 g/mol. The van der Waals surface area contributed by atoms with Gasteiger partial charge in [-0.3, -0.25) is 9.78 Å². The summed E-state index contributed by atoms with van der Waals surface area (Å²) in [5, 5.41) is 2.01. The SMILES string of the molecule is CN1CCN(c2ccc(Cc3cc4c([nH]c5ccccc54)c(C(N)=O)n3)nc2)CC1. The number of H-pyrrole nitrogens is 1. The Hall–Kier alpha value is -3.45. The summed E-state index contributed by atoms with van der Waals surface area (Å²) in [4.78, 5) is 29.2. The monoisotopic (exact) mass is 400 g/mol. The Morgan fingerprint density at radius 2 is 1.87 bits per heavy atom. The van der Waals surface area contributed by atoms with E-state index >= 15 is 0 Å². The van der Waals surface area contributed by atoms with E-state index in [2.05, 4.69) is 37.9 Å². The maximum absolute atomic E-state index is 12.1. The van der Waals surface area contributed by atoms with Crippen LogP contribution >= 0.6 is 0 Å². The number of amides is 1. The summed E-state index contributed by atoms with van der Waals surface area (Å²) in [5.74, 6) is -0.535. The van der Waals surface area contributed by atoms with E-state index in [1.807, 2.05) is 42.6 Å². The molecule has 1 fully saturated rings. The van der Waals surface area contributed by atoms with Crippen molar-refractivity contribution in [3.63, 3.8) is 0 Å². The number of nitrogens with two attached hydrogens (primary N) is 1. The molecule has 4 aromatic rings. The van der Waals surface area contributed by atoms with E-state index in [-0.39, 0.29) is 5.69 Å². The number of nitrogens with one attached hydrogen (secondary N) is 1. The molecule has 1 aliphatic heterocycles. The van der Waals surface area contributed by atoms with Crippen LogP contribution < -0.4 is 10.6 Å². The third-order valence-corrected chi connectivity index (χ3v) is 5.82. The first-order valence-electron chi connectivity index (χ1n) is 10.2. The van der Waals surface area contributed by atoms with E-state index in [0.29, 0.717) is 11.9 Å². The van der Waals surface area contributed by atoms with Gasteiger partial charge in [-0.2, -0.15) is 0 Å². The smallest absolute Gasteiger partial charge is 0.269 e. The van der Waals surface area contributed by atoms with Crippen LogP contribution in [-0.4, -0.2) is 59.0 Å². The number of aromatic amines is 1. The van der Waals surface area contributed by atoms with E-state index in [1.54, 1.807) is 0 Å². The molecule has 1 aliphatic rings. The first kappa shape index (κ1) is 18.6. The molecule has 0 saturated carbocycles. The number of pyridine rings is 2. The van der Waals surface area contributed by atoms with Gasteiger partial charge in [0, 0.05) is 60.3 Å². The molecule has 0 unspecified atom stereocenters. The second-order valence-electron chi connectivity index (χ2n) is 7.89. The maximum Gasteiger partial charge on any atom is 0.269 e. The number of rotatable bonds is 4. The minimum absolute atomic E-state index is 0.271. The third kappa shape index (κ3) is 3.37. The highest BCUT2D eigenvalue weighted by molar-refractivity contribution is 6.13. The van der Waals surface area contributed by atoms with Gasteiger partial charge in [-0.1, -0.05) is 18.2 Å². The van der Waals surface area contributed by atoms with Gasteiger partial charge in [0.1, 0.15) is 0 Å². The van der Waals surface area contributed by atoms with Gasteiger partial charge < -0.3 is 20.5 Å². The topological polar surface area (TPSA) is 91.1 Å². The number of primary amides is 1. The highest BCUT2D eigenvalue weighted by Crippen LogP contribution is 2.28. The van der Waals surface area contributed by atoms with E-state index in [1.165, 1.54) is 0 Å². The second-order valence-corrected chi connectivity index (χ2v) is 7.89. The summed E-state index contributed by atoms with van der Waals surface area (Å²) >= 11 is 0.